The number of nitrogens with one attached hydrogen (secondary N) is 2. The molecule has 3 heterocycles. The average Bonchev–Trinajstić information content (AvgIpc) is 2.78. The zero-order chi connectivity index (χ0) is 25.1. The highest BCUT2D eigenvalue weighted by atomic mass is 19.4. The van der Waals surface area contributed by atoms with Crippen molar-refractivity contribution in [1.82, 2.24) is 25.1 Å². The lowest BCUT2D eigenvalue weighted by atomic mass is 10.2. The lowest BCUT2D eigenvalue weighted by Gasteiger charge is -2.35. The van der Waals surface area contributed by atoms with Gasteiger partial charge < -0.3 is 20.2 Å². The van der Waals surface area contributed by atoms with Crippen LogP contribution in [0.25, 0.3) is 0 Å². The van der Waals surface area contributed by atoms with E-state index in [4.69, 9.17) is 0 Å². The summed E-state index contributed by atoms with van der Waals surface area (Å²) in [5.74, 6) is -0.812. The first kappa shape index (κ1) is 25.2. The maximum absolute atomic E-state index is 12.8. The second-order valence-electron chi connectivity index (χ2n) is 7.31. The molecule has 0 spiro atoms. The Balaban J connectivity index is 1.47. The smallest absolute Gasteiger partial charge is 0.383 e. The fourth-order valence-electron chi connectivity index (χ4n) is 3.14. The van der Waals surface area contributed by atoms with E-state index in [1.807, 2.05) is 0 Å². The van der Waals surface area contributed by atoms with Crippen LogP contribution in [0.4, 0.5) is 38.1 Å². The van der Waals surface area contributed by atoms with Crippen molar-refractivity contribution in [3.63, 3.8) is 0 Å². The zero-order valence-electron chi connectivity index (χ0n) is 17.3. The molecule has 1 saturated heterocycles. The zero-order valence-corrected chi connectivity index (χ0v) is 17.3. The van der Waals surface area contributed by atoms with Gasteiger partial charge in [0, 0.05) is 51.2 Å². The maximum Gasteiger partial charge on any atom is 0.421 e. The van der Waals surface area contributed by atoms with Crippen molar-refractivity contribution in [2.45, 2.75) is 24.9 Å². The number of rotatable bonds is 6. The van der Waals surface area contributed by atoms with E-state index in [0.29, 0.717) is 18.5 Å². The molecule has 186 valence electrons. The van der Waals surface area contributed by atoms with E-state index < -0.39 is 41.0 Å². The first-order valence-electron chi connectivity index (χ1n) is 9.88. The number of aromatic amines is 1. The molecule has 1 amide bonds. The number of carbonyl (C=O) groups is 1. The molecule has 2 aromatic heterocycles. The molecule has 0 aromatic carbocycles. The van der Waals surface area contributed by atoms with Crippen LogP contribution in [0.3, 0.4) is 0 Å². The number of halogens is 6. The number of alkyl halides is 6. The quantitative estimate of drug-likeness (QED) is 0.509. The lowest BCUT2D eigenvalue weighted by Crippen LogP contribution is -2.52. The predicted octanol–water partition coefficient (Wildman–Crippen LogP) is 1.11. The van der Waals surface area contributed by atoms with Crippen LogP contribution in [0, 0.1) is 0 Å². The average molecular weight is 495 g/mol. The van der Waals surface area contributed by atoms with E-state index in [1.54, 1.807) is 10.00 Å². The van der Waals surface area contributed by atoms with Crippen LogP contribution < -0.4 is 15.8 Å². The van der Waals surface area contributed by atoms with Gasteiger partial charge in [0.1, 0.15) is 17.5 Å². The second kappa shape index (κ2) is 9.82. The molecule has 34 heavy (non-hydrogen) atoms. The van der Waals surface area contributed by atoms with Gasteiger partial charge in [-0.25, -0.2) is 15.1 Å². The molecular formula is C18H19F6N7O3. The van der Waals surface area contributed by atoms with Crippen molar-refractivity contribution < 1.29 is 36.2 Å². The Kier molecular flexibility index (Phi) is 7.28. The van der Waals surface area contributed by atoms with Crippen molar-refractivity contribution in [3.05, 3.63) is 39.9 Å². The number of aliphatic hydroxyl groups is 1. The Hall–Kier alpha value is -3.43. The Labute approximate surface area is 187 Å². The van der Waals surface area contributed by atoms with Crippen molar-refractivity contribution in [2.24, 2.45) is 0 Å². The molecule has 3 rings (SSSR count). The summed E-state index contributed by atoms with van der Waals surface area (Å²) in [5, 5.41) is 17.8. The Morgan fingerprint density at radius 1 is 1.09 bits per heavy atom. The number of piperazine rings is 1. The van der Waals surface area contributed by atoms with E-state index in [9.17, 15) is 41.0 Å². The predicted molar refractivity (Wildman–Crippen MR) is 105 cm³/mol. The van der Waals surface area contributed by atoms with Crippen LogP contribution in [0.2, 0.25) is 0 Å². The van der Waals surface area contributed by atoms with E-state index >= 15 is 0 Å². The molecule has 1 aliphatic heterocycles. The van der Waals surface area contributed by atoms with Gasteiger partial charge in [-0.2, -0.15) is 31.4 Å². The number of hydrogen-bond acceptors (Lipinski definition) is 8. The topological polar surface area (TPSA) is 127 Å². The summed E-state index contributed by atoms with van der Waals surface area (Å²) in [5.41, 5.74) is -3.81. The molecule has 10 nitrogen and oxygen atoms in total. The third kappa shape index (κ3) is 6.12. The van der Waals surface area contributed by atoms with Crippen molar-refractivity contribution in [2.75, 3.05) is 42.9 Å². The molecule has 0 unspecified atom stereocenters. The van der Waals surface area contributed by atoms with Gasteiger partial charge in [-0.05, 0) is 6.42 Å². The number of aromatic nitrogens is 4. The second-order valence-corrected chi connectivity index (χ2v) is 7.31. The van der Waals surface area contributed by atoms with Gasteiger partial charge in [-0.15, -0.1) is 0 Å². The van der Waals surface area contributed by atoms with Crippen molar-refractivity contribution in [3.8, 4) is 0 Å². The molecule has 1 fully saturated rings. The fraction of sp³-hybridized carbons (Fsp3) is 0.500. The van der Waals surface area contributed by atoms with Gasteiger partial charge in [0.2, 0.25) is 5.95 Å². The number of carbonyl (C=O) groups excluding carboxylic acids is 1. The van der Waals surface area contributed by atoms with Gasteiger partial charge in [-0.1, -0.05) is 0 Å². The van der Waals surface area contributed by atoms with Crippen LogP contribution in [0.1, 0.15) is 17.5 Å². The summed E-state index contributed by atoms with van der Waals surface area (Å²) in [6, 6.07) is 0.523. The monoisotopic (exact) mass is 495 g/mol. The Bertz CT molecular complexity index is 1050. The summed E-state index contributed by atoms with van der Waals surface area (Å²) in [4.78, 5) is 34.0. The van der Waals surface area contributed by atoms with Crippen LogP contribution in [-0.2, 0) is 17.1 Å². The number of amides is 1. The lowest BCUT2D eigenvalue weighted by molar-refractivity contribution is -0.141. The molecule has 0 saturated carbocycles. The molecule has 2 aromatic rings. The van der Waals surface area contributed by atoms with Crippen LogP contribution in [-0.4, -0.2) is 74.9 Å². The first-order valence-corrected chi connectivity index (χ1v) is 9.88. The number of aliphatic hydroxyl groups excluding tert-OH is 1. The largest absolute Gasteiger partial charge is 0.421 e. The fourth-order valence-corrected chi connectivity index (χ4v) is 3.14. The third-order valence-corrected chi connectivity index (χ3v) is 4.96. The maximum atomic E-state index is 12.8. The molecule has 3 N–H and O–H groups in total. The molecule has 16 heteroatoms. The minimum atomic E-state index is -4.87. The van der Waals surface area contributed by atoms with Crippen LogP contribution in [0.15, 0.2) is 23.3 Å². The van der Waals surface area contributed by atoms with Gasteiger partial charge in [-0.3, -0.25) is 9.59 Å². The molecule has 0 bridgehead atoms. The van der Waals surface area contributed by atoms with Gasteiger partial charge in [0.05, 0.1) is 5.56 Å². The minimum Gasteiger partial charge on any atom is -0.383 e. The van der Waals surface area contributed by atoms with Gasteiger partial charge in [0.15, 0.2) is 0 Å². The number of hydrogen-bond donors (Lipinski definition) is 3. The highest BCUT2D eigenvalue weighted by molar-refractivity contribution is 5.81. The van der Waals surface area contributed by atoms with Crippen molar-refractivity contribution in [1.29, 1.82) is 0 Å². The van der Waals surface area contributed by atoms with E-state index in [2.05, 4.69) is 20.4 Å². The highest BCUT2D eigenvalue weighted by Gasteiger charge is 2.35. The highest BCUT2D eigenvalue weighted by Crippen LogP contribution is 2.29. The summed E-state index contributed by atoms with van der Waals surface area (Å²) in [6.45, 7) is 0.657. The first-order chi connectivity index (χ1) is 15.9. The van der Waals surface area contributed by atoms with E-state index in [1.165, 1.54) is 4.90 Å². The standard InChI is InChI=1S/C18H19F6N7O3/c19-17(20,21)10-8-26-16(27-9-10)31-5-3-30(4-6-31)15(34)12(32)1-2-25-13-7-11(18(22,23)24)14(33)29-28-13/h7-9,12,32H,1-6H2,(H,25,28)(H,29,33)/t12-/m0/s1. The Morgan fingerprint density at radius 3 is 2.26 bits per heavy atom. The third-order valence-electron chi connectivity index (χ3n) is 4.96. The normalized spacial score (nSPS) is 15.9. The number of anilines is 2. The van der Waals surface area contributed by atoms with Crippen molar-refractivity contribution >= 4 is 17.7 Å². The van der Waals surface area contributed by atoms with Gasteiger partial charge in [0.25, 0.3) is 11.5 Å². The van der Waals surface area contributed by atoms with Crippen LogP contribution >= 0.6 is 0 Å². The molecule has 1 aliphatic rings. The van der Waals surface area contributed by atoms with Gasteiger partial charge >= 0.3 is 12.4 Å². The molecule has 0 aliphatic carbocycles. The minimum absolute atomic E-state index is 0.0801. The van der Waals surface area contributed by atoms with E-state index in [-0.39, 0.29) is 50.9 Å². The summed E-state index contributed by atoms with van der Waals surface area (Å²) >= 11 is 0. The summed E-state index contributed by atoms with van der Waals surface area (Å²) in [6.07, 6.45) is -9.68. The van der Waals surface area contributed by atoms with E-state index in [0.717, 1.165) is 0 Å². The molecule has 1 atom stereocenters. The van der Waals surface area contributed by atoms with Crippen LogP contribution in [0.5, 0.6) is 0 Å². The number of H-pyrrole nitrogens is 1. The molecular weight excluding hydrogens is 476 g/mol. The molecule has 0 radical (unpaired) electrons. The SMILES string of the molecule is O=C([C@@H](O)CCNc1cc(C(F)(F)F)c(=O)[nH]n1)N1CCN(c2ncc(C(F)(F)F)cn2)CC1. The Morgan fingerprint density at radius 2 is 1.71 bits per heavy atom. The summed E-state index contributed by atoms with van der Waals surface area (Å²) < 4.78 is 76.2. The number of nitrogens with zero attached hydrogens (tertiary/aromatic N) is 5. The summed E-state index contributed by atoms with van der Waals surface area (Å²) in [7, 11) is 0.